The molecule has 0 saturated heterocycles. The first-order valence-corrected chi connectivity index (χ1v) is 7.39. The van der Waals surface area contributed by atoms with E-state index in [1.165, 1.54) is 0 Å². The Kier molecular flexibility index (Phi) is 4.76. The first-order valence-electron chi connectivity index (χ1n) is 7.39. The second-order valence-corrected chi connectivity index (χ2v) is 5.68. The van der Waals surface area contributed by atoms with E-state index in [9.17, 15) is 4.79 Å². The number of rotatable bonds is 5. The molecule has 2 rings (SSSR count). The number of hydrogen-bond acceptors (Lipinski definition) is 3. The fourth-order valence-electron chi connectivity index (χ4n) is 2.77. The highest BCUT2D eigenvalue weighted by molar-refractivity contribution is 6.10. The number of carbonyl (C=O) groups is 1. The highest BCUT2D eigenvalue weighted by Gasteiger charge is 2.34. The van der Waals surface area contributed by atoms with Crippen LogP contribution in [-0.2, 0) is 0 Å². The van der Waals surface area contributed by atoms with E-state index in [0.29, 0.717) is 0 Å². The zero-order valence-electron chi connectivity index (χ0n) is 13.3. The average molecular weight is 284 g/mol. The standard InChI is InChI=1S/C18H24N2O/c1-5-20(4)18(19(2)3)13-11-16(12-14-18)17(21)15-9-7-6-8-10-15/h6-13H,5,14H2,1-4H3. The van der Waals surface area contributed by atoms with Crippen LogP contribution in [0.2, 0.25) is 0 Å². The van der Waals surface area contributed by atoms with E-state index in [1.807, 2.05) is 36.4 Å². The molecule has 0 spiro atoms. The maximum absolute atomic E-state index is 12.5. The predicted octanol–water partition coefficient (Wildman–Crippen LogP) is 2.97. The van der Waals surface area contributed by atoms with E-state index >= 15 is 0 Å². The molecular formula is C18H24N2O. The monoisotopic (exact) mass is 284 g/mol. The molecule has 0 fully saturated rings. The first-order chi connectivity index (χ1) is 10.0. The van der Waals surface area contributed by atoms with Gasteiger partial charge >= 0.3 is 0 Å². The van der Waals surface area contributed by atoms with Crippen LogP contribution in [0.15, 0.2) is 54.1 Å². The molecule has 0 aliphatic heterocycles. The fraction of sp³-hybridized carbons (Fsp3) is 0.389. The third-order valence-electron chi connectivity index (χ3n) is 4.36. The van der Waals surface area contributed by atoms with Crippen LogP contribution in [0.1, 0.15) is 23.7 Å². The smallest absolute Gasteiger partial charge is 0.192 e. The molecule has 21 heavy (non-hydrogen) atoms. The highest BCUT2D eigenvalue weighted by atomic mass is 16.1. The zero-order valence-corrected chi connectivity index (χ0v) is 13.3. The summed E-state index contributed by atoms with van der Waals surface area (Å²) in [6.07, 6.45) is 6.98. The topological polar surface area (TPSA) is 23.6 Å². The van der Waals surface area contributed by atoms with E-state index < -0.39 is 0 Å². The van der Waals surface area contributed by atoms with Crippen molar-refractivity contribution in [3.8, 4) is 0 Å². The van der Waals surface area contributed by atoms with E-state index in [2.05, 4.69) is 50.0 Å². The number of nitrogens with zero attached hydrogens (tertiary/aromatic N) is 2. The van der Waals surface area contributed by atoms with Crippen molar-refractivity contribution in [1.29, 1.82) is 0 Å². The fourth-order valence-corrected chi connectivity index (χ4v) is 2.77. The van der Waals surface area contributed by atoms with Crippen molar-refractivity contribution < 1.29 is 4.79 Å². The van der Waals surface area contributed by atoms with Crippen LogP contribution in [0, 0.1) is 0 Å². The molecule has 1 aliphatic carbocycles. The summed E-state index contributed by atoms with van der Waals surface area (Å²) >= 11 is 0. The first kappa shape index (κ1) is 15.7. The van der Waals surface area contributed by atoms with Gasteiger partial charge in [0.05, 0.1) is 5.66 Å². The Labute approximate surface area is 127 Å². The molecular weight excluding hydrogens is 260 g/mol. The maximum atomic E-state index is 12.5. The van der Waals surface area contributed by atoms with Crippen molar-refractivity contribution in [2.24, 2.45) is 0 Å². The van der Waals surface area contributed by atoms with E-state index in [-0.39, 0.29) is 11.4 Å². The number of allylic oxidation sites excluding steroid dienone is 2. The molecule has 0 saturated carbocycles. The van der Waals surface area contributed by atoms with Crippen molar-refractivity contribution in [3.63, 3.8) is 0 Å². The van der Waals surface area contributed by atoms with E-state index in [4.69, 9.17) is 0 Å². The van der Waals surface area contributed by atoms with Gasteiger partial charge in [0.2, 0.25) is 0 Å². The molecule has 3 nitrogen and oxygen atoms in total. The van der Waals surface area contributed by atoms with Crippen molar-refractivity contribution >= 4 is 5.78 Å². The minimum Gasteiger partial charge on any atom is -0.289 e. The molecule has 0 aromatic heterocycles. The number of hydrogen-bond donors (Lipinski definition) is 0. The summed E-state index contributed by atoms with van der Waals surface area (Å²) in [4.78, 5) is 17.0. The van der Waals surface area contributed by atoms with Crippen molar-refractivity contribution in [2.75, 3.05) is 27.7 Å². The normalized spacial score (nSPS) is 21.7. The molecule has 1 aliphatic rings. The number of benzene rings is 1. The second kappa shape index (κ2) is 6.37. The Hall–Kier alpha value is -1.71. The minimum atomic E-state index is -0.144. The van der Waals surface area contributed by atoms with Crippen molar-refractivity contribution in [2.45, 2.75) is 19.0 Å². The summed E-state index contributed by atoms with van der Waals surface area (Å²) in [5.74, 6) is 0.0957. The van der Waals surface area contributed by atoms with Gasteiger partial charge in [0, 0.05) is 17.6 Å². The number of carbonyl (C=O) groups excluding carboxylic acids is 1. The van der Waals surface area contributed by atoms with Crippen molar-refractivity contribution in [1.82, 2.24) is 9.80 Å². The van der Waals surface area contributed by atoms with Crippen LogP contribution in [-0.4, -0.2) is 48.9 Å². The van der Waals surface area contributed by atoms with Crippen LogP contribution in [0.25, 0.3) is 0 Å². The van der Waals surface area contributed by atoms with Gasteiger partial charge in [-0.2, -0.15) is 0 Å². The lowest BCUT2D eigenvalue weighted by atomic mass is 9.90. The molecule has 1 aromatic rings. The van der Waals surface area contributed by atoms with Gasteiger partial charge in [-0.3, -0.25) is 14.6 Å². The van der Waals surface area contributed by atoms with E-state index in [1.54, 1.807) is 0 Å². The highest BCUT2D eigenvalue weighted by Crippen LogP contribution is 2.29. The van der Waals surface area contributed by atoms with Gasteiger partial charge in [0.1, 0.15) is 0 Å². The molecule has 3 heteroatoms. The van der Waals surface area contributed by atoms with Crippen LogP contribution < -0.4 is 0 Å². The van der Waals surface area contributed by atoms with Gasteiger partial charge in [0.15, 0.2) is 5.78 Å². The lowest BCUT2D eigenvalue weighted by Crippen LogP contribution is -2.55. The Balaban J connectivity index is 2.23. The molecule has 0 heterocycles. The number of ketones is 1. The molecule has 0 radical (unpaired) electrons. The predicted molar refractivity (Wildman–Crippen MR) is 87.3 cm³/mol. The lowest BCUT2D eigenvalue weighted by Gasteiger charge is -2.45. The molecule has 0 amide bonds. The lowest BCUT2D eigenvalue weighted by molar-refractivity contribution is 0.0351. The summed E-state index contributed by atoms with van der Waals surface area (Å²) in [5.41, 5.74) is 1.38. The second-order valence-electron chi connectivity index (χ2n) is 5.68. The quantitative estimate of drug-likeness (QED) is 0.613. The summed E-state index contributed by atoms with van der Waals surface area (Å²) in [6.45, 7) is 3.10. The number of Topliss-reactive ketones (excluding diaryl/α,β-unsaturated/α-hetero) is 1. The minimum absolute atomic E-state index is 0.0957. The van der Waals surface area contributed by atoms with Gasteiger partial charge in [-0.25, -0.2) is 0 Å². The molecule has 1 unspecified atom stereocenters. The Morgan fingerprint density at radius 1 is 1.19 bits per heavy atom. The van der Waals surface area contributed by atoms with Crippen molar-refractivity contribution in [3.05, 3.63) is 59.7 Å². The maximum Gasteiger partial charge on any atom is 0.192 e. The van der Waals surface area contributed by atoms with Crippen LogP contribution >= 0.6 is 0 Å². The van der Waals surface area contributed by atoms with Crippen LogP contribution in [0.5, 0.6) is 0 Å². The Bertz CT molecular complexity index is 560. The third kappa shape index (κ3) is 2.99. The summed E-state index contributed by atoms with van der Waals surface area (Å²) in [7, 11) is 6.27. The van der Waals surface area contributed by atoms with E-state index in [0.717, 1.165) is 24.1 Å². The largest absolute Gasteiger partial charge is 0.289 e. The van der Waals surface area contributed by atoms with Gasteiger partial charge in [0.25, 0.3) is 0 Å². The van der Waals surface area contributed by atoms with Crippen LogP contribution in [0.4, 0.5) is 0 Å². The molecule has 0 bridgehead atoms. The zero-order chi connectivity index (χ0) is 15.5. The van der Waals surface area contributed by atoms with Gasteiger partial charge < -0.3 is 0 Å². The molecule has 1 atom stereocenters. The SMILES string of the molecule is CCN(C)C1(N(C)C)C=CC(C(=O)c2ccccc2)=CC1. The summed E-state index contributed by atoms with van der Waals surface area (Å²) in [5, 5.41) is 0. The Morgan fingerprint density at radius 3 is 2.33 bits per heavy atom. The Morgan fingerprint density at radius 2 is 1.86 bits per heavy atom. The summed E-state index contributed by atoms with van der Waals surface area (Å²) in [6, 6.07) is 9.45. The average Bonchev–Trinajstić information content (AvgIpc) is 2.54. The van der Waals surface area contributed by atoms with Crippen LogP contribution in [0.3, 0.4) is 0 Å². The number of likely N-dealkylation sites (N-methyl/N-ethyl adjacent to an activating group) is 2. The third-order valence-corrected chi connectivity index (χ3v) is 4.36. The van der Waals surface area contributed by atoms with Gasteiger partial charge in [-0.05, 0) is 33.8 Å². The summed E-state index contributed by atoms with van der Waals surface area (Å²) < 4.78 is 0. The molecule has 1 aromatic carbocycles. The van der Waals surface area contributed by atoms with Gasteiger partial charge in [-0.1, -0.05) is 49.4 Å². The molecule has 112 valence electrons. The van der Waals surface area contributed by atoms with Gasteiger partial charge in [-0.15, -0.1) is 0 Å². The molecule has 0 N–H and O–H groups in total.